The zero-order valence-electron chi connectivity index (χ0n) is 38.3. The lowest BCUT2D eigenvalue weighted by molar-refractivity contribution is -0.256. The summed E-state index contributed by atoms with van der Waals surface area (Å²) in [6, 6.07) is -1.58. The van der Waals surface area contributed by atoms with Gasteiger partial charge in [0.25, 0.3) is 0 Å². The zero-order valence-corrected chi connectivity index (χ0v) is 39.2. The van der Waals surface area contributed by atoms with E-state index in [4.69, 9.17) is 18.7 Å². The lowest BCUT2D eigenvalue weighted by Crippen LogP contribution is -2.65. The summed E-state index contributed by atoms with van der Waals surface area (Å²) in [5.41, 5.74) is 0. The van der Waals surface area contributed by atoms with E-state index in [1.165, 1.54) is 89.9 Å². The van der Waals surface area contributed by atoms with Crippen LogP contribution in [0.25, 0.3) is 0 Å². The smallest absolute Gasteiger partial charge is 0.462 e. The molecule has 1 amide bonds. The highest BCUT2D eigenvalue weighted by Crippen LogP contribution is 2.42. The third-order valence-corrected chi connectivity index (χ3v) is 12.1. The summed E-state index contributed by atoms with van der Waals surface area (Å²) in [7, 11) is -5.29. The first-order valence-corrected chi connectivity index (χ1v) is 25.9. The molecule has 1 rings (SSSR count). The Bertz CT molecular complexity index is 1160. The number of carbonyl (C=O) groups excluding carboxylic acids is 3. The van der Waals surface area contributed by atoms with Crippen LogP contribution in [-0.4, -0.2) is 92.4 Å². The molecule has 15 heteroatoms. The van der Waals surface area contributed by atoms with Crippen LogP contribution in [0.2, 0.25) is 0 Å². The Morgan fingerprint density at radius 3 is 1.52 bits per heavy atom. The number of amides is 1. The van der Waals surface area contributed by atoms with Gasteiger partial charge in [-0.1, -0.05) is 181 Å². The van der Waals surface area contributed by atoms with Crippen LogP contribution in [0, 0.1) is 0 Å². The molecule has 1 fully saturated rings. The number of rotatable bonds is 40. The van der Waals surface area contributed by atoms with Crippen LogP contribution in [0.3, 0.4) is 0 Å². The molecule has 0 radical (unpaired) electrons. The summed E-state index contributed by atoms with van der Waals surface area (Å²) in [5.74, 6) is -2.06. The molecule has 1 saturated heterocycles. The zero-order chi connectivity index (χ0) is 45.1. The van der Waals surface area contributed by atoms with Gasteiger partial charge in [0.05, 0.1) is 25.6 Å². The highest BCUT2D eigenvalue weighted by Gasteiger charge is 2.51. The fourth-order valence-electron chi connectivity index (χ4n) is 7.99. The van der Waals surface area contributed by atoms with Crippen LogP contribution in [-0.2, 0) is 37.7 Å². The van der Waals surface area contributed by atoms with E-state index >= 15 is 0 Å². The summed E-state index contributed by atoms with van der Waals surface area (Å²) < 4.78 is 34.0. The number of carbonyl (C=O) groups is 3. The van der Waals surface area contributed by atoms with Crippen LogP contribution < -0.4 is 5.32 Å². The van der Waals surface area contributed by atoms with Crippen molar-refractivity contribution in [2.45, 2.75) is 269 Å². The lowest BCUT2D eigenvalue weighted by Gasteiger charge is -2.43. The number of phosphoric acid groups is 1. The van der Waals surface area contributed by atoms with Crippen molar-refractivity contribution in [2.24, 2.45) is 0 Å². The number of hydrogen-bond acceptors (Lipinski definition) is 11. The van der Waals surface area contributed by atoms with E-state index in [0.717, 1.165) is 70.6 Å². The maximum Gasteiger partial charge on any atom is 0.470 e. The normalized spacial score (nSPS) is 20.3. The number of unbranched alkanes of at least 4 members (excludes halogenated alkanes) is 24. The minimum atomic E-state index is -5.29. The van der Waals surface area contributed by atoms with Crippen LogP contribution in [0.15, 0.2) is 0 Å². The number of nitrogens with one attached hydrogen (secondary N) is 1. The largest absolute Gasteiger partial charge is 0.470 e. The Hall–Kier alpha value is -1.64. The van der Waals surface area contributed by atoms with E-state index in [-0.39, 0.29) is 12.8 Å². The Morgan fingerprint density at radius 1 is 0.623 bits per heavy atom. The fourth-order valence-corrected chi connectivity index (χ4v) is 8.57. The number of aliphatic hydroxyl groups excluding tert-OH is 3. The quantitative estimate of drug-likeness (QED) is 0.0192. The number of hydrogen-bond donors (Lipinski definition) is 6. The van der Waals surface area contributed by atoms with Crippen molar-refractivity contribution < 1.29 is 62.8 Å². The first-order valence-electron chi connectivity index (χ1n) is 24.4. The van der Waals surface area contributed by atoms with Crippen molar-refractivity contribution in [3.05, 3.63) is 0 Å². The summed E-state index contributed by atoms with van der Waals surface area (Å²) in [6.07, 6.45) is 20.9. The SMILES string of the molecule is CCCCCCCCCCCC(=O)O[C@H](CCCCCCCCCCC)CC(=O)O[C@@H]1[C@@H](NC(=O)C[C@H](O)CCCCCCCCCCC)[C@H](O)O[C@H](CO)[C@H]1OP(=O)(O)O. The second-order valence-corrected chi connectivity index (χ2v) is 18.5. The lowest BCUT2D eigenvalue weighted by atomic mass is 9.96. The third-order valence-electron chi connectivity index (χ3n) is 11.6. The predicted octanol–water partition coefficient (Wildman–Crippen LogP) is 9.39. The minimum Gasteiger partial charge on any atom is -0.462 e. The molecule has 0 aromatic carbocycles. The van der Waals surface area contributed by atoms with E-state index in [0.29, 0.717) is 25.7 Å². The molecule has 14 nitrogen and oxygen atoms in total. The molecule has 0 aliphatic carbocycles. The van der Waals surface area contributed by atoms with E-state index in [1.807, 2.05) is 0 Å². The van der Waals surface area contributed by atoms with Gasteiger partial charge in [-0.3, -0.25) is 18.9 Å². The molecule has 0 bridgehead atoms. The Balaban J connectivity index is 2.97. The molecule has 0 unspecified atom stereocenters. The second-order valence-electron chi connectivity index (χ2n) is 17.3. The third kappa shape index (κ3) is 30.2. The molecular weight excluding hydrogens is 805 g/mol. The van der Waals surface area contributed by atoms with Gasteiger partial charge in [-0.05, 0) is 25.7 Å². The predicted molar refractivity (Wildman–Crippen MR) is 237 cm³/mol. The van der Waals surface area contributed by atoms with Gasteiger partial charge in [-0.15, -0.1) is 0 Å². The van der Waals surface area contributed by atoms with E-state index < -0.39 is 81.5 Å². The number of esters is 2. The van der Waals surface area contributed by atoms with Crippen LogP contribution in [0.5, 0.6) is 0 Å². The number of phosphoric ester groups is 1. The Morgan fingerprint density at radius 2 is 1.07 bits per heavy atom. The van der Waals surface area contributed by atoms with Crippen LogP contribution in [0.1, 0.15) is 226 Å². The van der Waals surface area contributed by atoms with Gasteiger partial charge in [0.15, 0.2) is 12.4 Å². The van der Waals surface area contributed by atoms with Crippen molar-refractivity contribution in [3.8, 4) is 0 Å². The maximum atomic E-state index is 13.7. The van der Waals surface area contributed by atoms with Gasteiger partial charge >= 0.3 is 19.8 Å². The molecule has 1 aliphatic rings. The molecule has 1 heterocycles. The van der Waals surface area contributed by atoms with Crippen LogP contribution in [0.4, 0.5) is 0 Å². The summed E-state index contributed by atoms with van der Waals surface area (Å²) in [6.45, 7) is 5.70. The molecule has 6 N–H and O–H groups in total. The number of aliphatic hydroxyl groups is 3. The van der Waals surface area contributed by atoms with Gasteiger partial charge in [-0.25, -0.2) is 4.57 Å². The van der Waals surface area contributed by atoms with Gasteiger partial charge in [-0.2, -0.15) is 0 Å². The molecule has 0 spiro atoms. The average molecular weight is 894 g/mol. The van der Waals surface area contributed by atoms with Crippen LogP contribution >= 0.6 is 7.82 Å². The minimum absolute atomic E-state index is 0.209. The van der Waals surface area contributed by atoms with E-state index in [2.05, 4.69) is 26.1 Å². The highest BCUT2D eigenvalue weighted by molar-refractivity contribution is 7.46. The molecule has 360 valence electrons. The molecule has 7 atom stereocenters. The van der Waals surface area contributed by atoms with Gasteiger partial charge < -0.3 is 44.6 Å². The molecule has 1 aliphatic heterocycles. The molecular formula is C46H88NO13P. The first kappa shape index (κ1) is 57.4. The van der Waals surface area contributed by atoms with Gasteiger partial charge in [0, 0.05) is 6.42 Å². The monoisotopic (exact) mass is 894 g/mol. The molecule has 0 saturated carbocycles. The van der Waals surface area contributed by atoms with Crippen molar-refractivity contribution in [2.75, 3.05) is 6.61 Å². The van der Waals surface area contributed by atoms with E-state index in [9.17, 15) is 44.1 Å². The molecule has 0 aromatic heterocycles. The van der Waals surface area contributed by atoms with Crippen molar-refractivity contribution in [1.29, 1.82) is 0 Å². The maximum absolute atomic E-state index is 13.7. The summed E-state index contributed by atoms with van der Waals surface area (Å²) in [5, 5.41) is 34.1. The van der Waals surface area contributed by atoms with Gasteiger partial charge in [0.1, 0.15) is 24.4 Å². The van der Waals surface area contributed by atoms with E-state index in [1.54, 1.807) is 0 Å². The second kappa shape index (κ2) is 36.7. The van der Waals surface area contributed by atoms with Crippen molar-refractivity contribution in [1.82, 2.24) is 5.32 Å². The van der Waals surface area contributed by atoms with Crippen molar-refractivity contribution in [3.63, 3.8) is 0 Å². The summed E-state index contributed by atoms with van der Waals surface area (Å²) >= 11 is 0. The molecule has 61 heavy (non-hydrogen) atoms. The highest BCUT2D eigenvalue weighted by atomic mass is 31.2. The van der Waals surface area contributed by atoms with Crippen molar-refractivity contribution >= 4 is 25.7 Å². The first-order chi connectivity index (χ1) is 29.3. The Labute approximate surface area is 368 Å². The fraction of sp³-hybridized carbons (Fsp3) is 0.935. The standard InChI is InChI=1S/C46H88NO13P/c1-4-7-10-13-16-19-22-25-28-31-37(49)34-40(50)47-43-45(44(60-61(54,55)56)39(36-48)58-46(43)53)59-42(52)35-38(32-29-26-23-20-17-14-11-8-5-2)57-41(51)33-30-27-24-21-18-15-12-9-6-3/h37-39,43-46,48-49,53H,4-36H2,1-3H3,(H,47,50)(H2,54,55,56)/t37-,38-,39-,43-,44-,45-,46-/m1/s1. The summed E-state index contributed by atoms with van der Waals surface area (Å²) in [4.78, 5) is 59.4. The average Bonchev–Trinajstić information content (AvgIpc) is 3.20. The van der Waals surface area contributed by atoms with Gasteiger partial charge in [0.2, 0.25) is 5.91 Å². The topological polar surface area (TPSA) is 218 Å². The number of ether oxygens (including phenoxy) is 3. The molecule has 0 aromatic rings. The Kier molecular flexibility index (Phi) is 34.5.